The Hall–Kier alpha value is -1.80. The smallest absolute Gasteiger partial charge is 0.261 e. The van der Waals surface area contributed by atoms with Crippen molar-refractivity contribution in [3.8, 4) is 0 Å². The molecule has 2 heterocycles. The number of rotatable bonds is 3. The Morgan fingerprint density at radius 1 is 1.48 bits per heavy atom. The Morgan fingerprint density at radius 3 is 3.05 bits per heavy atom. The number of aromatic nitrogens is 3. The Morgan fingerprint density at radius 2 is 2.29 bits per heavy atom. The monoisotopic (exact) mass is 310 g/mol. The van der Waals surface area contributed by atoms with E-state index in [1.165, 1.54) is 12.3 Å². The third-order valence-electron chi connectivity index (χ3n) is 3.65. The highest BCUT2D eigenvalue weighted by molar-refractivity contribution is 7.89. The van der Waals surface area contributed by atoms with Crippen LogP contribution in [-0.4, -0.2) is 23.2 Å². The summed E-state index contributed by atoms with van der Waals surface area (Å²) in [6, 6.07) is 2.04. The van der Waals surface area contributed by atoms with Gasteiger partial charge >= 0.3 is 0 Å². The molecule has 1 unspecified atom stereocenters. The number of sulfonamides is 1. The maximum Gasteiger partial charge on any atom is 0.261 e. The van der Waals surface area contributed by atoms with Crippen LogP contribution in [0.25, 0.3) is 0 Å². The number of hydrogen-bond donors (Lipinski definition) is 1. The van der Waals surface area contributed by atoms with Gasteiger partial charge in [-0.2, -0.15) is 5.10 Å². The van der Waals surface area contributed by atoms with Crippen molar-refractivity contribution in [2.24, 2.45) is 7.05 Å². The van der Waals surface area contributed by atoms with Crippen molar-refractivity contribution in [2.75, 3.05) is 0 Å². The van der Waals surface area contributed by atoms with E-state index in [1.54, 1.807) is 10.9 Å². The van der Waals surface area contributed by atoms with Crippen LogP contribution in [0, 0.1) is 5.82 Å². The summed E-state index contributed by atoms with van der Waals surface area (Å²) in [5.74, 6) is -0.854. The lowest BCUT2D eigenvalue weighted by molar-refractivity contribution is 0.490. The first-order valence-electron chi connectivity index (χ1n) is 6.62. The Kier molecular flexibility index (Phi) is 3.50. The van der Waals surface area contributed by atoms with Crippen molar-refractivity contribution < 1.29 is 12.8 Å². The molecule has 0 saturated heterocycles. The van der Waals surface area contributed by atoms with Gasteiger partial charge in [-0.05, 0) is 31.4 Å². The first kappa shape index (κ1) is 14.2. The number of nitrogens with zero attached hydrogens (tertiary/aromatic N) is 3. The van der Waals surface area contributed by atoms with E-state index in [2.05, 4.69) is 14.8 Å². The highest BCUT2D eigenvalue weighted by Gasteiger charge is 2.29. The Labute approximate surface area is 122 Å². The molecule has 21 heavy (non-hydrogen) atoms. The molecule has 8 heteroatoms. The van der Waals surface area contributed by atoms with Gasteiger partial charge in [0.1, 0.15) is 0 Å². The summed E-state index contributed by atoms with van der Waals surface area (Å²) in [5, 5.41) is 3.59. The number of aryl methyl sites for hydroxylation is 1. The number of halogens is 1. The topological polar surface area (TPSA) is 76.9 Å². The molecule has 1 N–H and O–H groups in total. The normalized spacial score (nSPS) is 18.5. The van der Waals surface area contributed by atoms with E-state index >= 15 is 0 Å². The van der Waals surface area contributed by atoms with Crippen LogP contribution in [0.2, 0.25) is 0 Å². The molecule has 0 aromatic carbocycles. The standard InChI is InChI=1S/C13H15FN4O2S/c1-18-12-6-2-5-11(9(12)8-16-18)17-21(19,20)13-10(14)4-3-7-15-13/h3-4,7-8,11,17H,2,5-6H2,1H3. The number of fused-ring (bicyclic) bond motifs is 1. The van der Waals surface area contributed by atoms with Crippen LogP contribution < -0.4 is 4.72 Å². The summed E-state index contributed by atoms with van der Waals surface area (Å²) in [5.41, 5.74) is 1.86. The second-order valence-corrected chi connectivity index (χ2v) is 6.66. The molecule has 0 amide bonds. The predicted octanol–water partition coefficient (Wildman–Crippen LogP) is 1.31. The first-order chi connectivity index (χ1) is 9.99. The first-order valence-corrected chi connectivity index (χ1v) is 8.11. The zero-order chi connectivity index (χ0) is 15.0. The highest BCUT2D eigenvalue weighted by Crippen LogP contribution is 2.30. The molecule has 0 radical (unpaired) electrons. The molecule has 2 aromatic rings. The van der Waals surface area contributed by atoms with Crippen molar-refractivity contribution in [2.45, 2.75) is 30.3 Å². The summed E-state index contributed by atoms with van der Waals surface area (Å²) < 4.78 is 42.5. The van der Waals surface area contributed by atoms with E-state index in [0.29, 0.717) is 6.42 Å². The van der Waals surface area contributed by atoms with Gasteiger partial charge in [-0.15, -0.1) is 0 Å². The van der Waals surface area contributed by atoms with Gasteiger partial charge in [0.25, 0.3) is 10.0 Å². The average Bonchev–Trinajstić information content (AvgIpc) is 2.82. The SMILES string of the molecule is Cn1ncc2c1CCCC2NS(=O)(=O)c1ncccc1F. The molecule has 1 aliphatic carbocycles. The predicted molar refractivity (Wildman–Crippen MR) is 73.4 cm³/mol. The van der Waals surface area contributed by atoms with E-state index < -0.39 is 26.9 Å². The van der Waals surface area contributed by atoms with E-state index in [4.69, 9.17) is 0 Å². The summed E-state index contributed by atoms with van der Waals surface area (Å²) in [7, 11) is -2.17. The lowest BCUT2D eigenvalue weighted by Crippen LogP contribution is -2.32. The zero-order valence-corrected chi connectivity index (χ0v) is 12.3. The van der Waals surface area contributed by atoms with E-state index in [9.17, 15) is 12.8 Å². The minimum atomic E-state index is -4.00. The molecular formula is C13H15FN4O2S. The minimum absolute atomic E-state index is 0.395. The summed E-state index contributed by atoms with van der Waals surface area (Å²) in [6.07, 6.45) is 5.29. The van der Waals surface area contributed by atoms with Gasteiger partial charge < -0.3 is 0 Å². The van der Waals surface area contributed by atoms with E-state index in [-0.39, 0.29) is 0 Å². The van der Waals surface area contributed by atoms with Crippen molar-refractivity contribution in [1.29, 1.82) is 0 Å². The van der Waals surface area contributed by atoms with Crippen LogP contribution in [-0.2, 0) is 23.5 Å². The maximum atomic E-state index is 13.6. The number of pyridine rings is 1. The third-order valence-corrected chi connectivity index (χ3v) is 5.06. The van der Waals surface area contributed by atoms with Gasteiger partial charge in [0.2, 0.25) is 5.03 Å². The van der Waals surface area contributed by atoms with Crippen molar-refractivity contribution in [3.63, 3.8) is 0 Å². The lowest BCUT2D eigenvalue weighted by atomic mass is 9.94. The minimum Gasteiger partial charge on any atom is -0.272 e. The molecule has 0 saturated carbocycles. The molecule has 2 aromatic heterocycles. The van der Waals surface area contributed by atoms with Crippen molar-refractivity contribution >= 4 is 10.0 Å². The van der Waals surface area contributed by atoms with Gasteiger partial charge in [-0.3, -0.25) is 4.68 Å². The van der Waals surface area contributed by atoms with Gasteiger partial charge in [-0.25, -0.2) is 22.5 Å². The zero-order valence-electron chi connectivity index (χ0n) is 11.5. The third kappa shape index (κ3) is 2.56. The Balaban J connectivity index is 1.93. The molecule has 0 spiro atoms. The van der Waals surface area contributed by atoms with E-state index in [1.807, 2.05) is 7.05 Å². The fourth-order valence-corrected chi connectivity index (χ4v) is 3.90. The molecule has 3 rings (SSSR count). The summed E-state index contributed by atoms with van der Waals surface area (Å²) >= 11 is 0. The average molecular weight is 310 g/mol. The molecule has 0 fully saturated rings. The van der Waals surface area contributed by atoms with Crippen LogP contribution in [0.4, 0.5) is 4.39 Å². The molecule has 1 aliphatic rings. The fourth-order valence-electron chi connectivity index (χ4n) is 2.64. The van der Waals surface area contributed by atoms with E-state index in [0.717, 1.165) is 30.2 Å². The molecule has 0 bridgehead atoms. The number of nitrogens with one attached hydrogen (secondary N) is 1. The summed E-state index contributed by atoms with van der Waals surface area (Å²) in [6.45, 7) is 0. The summed E-state index contributed by atoms with van der Waals surface area (Å²) in [4.78, 5) is 3.63. The number of hydrogen-bond acceptors (Lipinski definition) is 4. The second-order valence-electron chi connectivity index (χ2n) is 5.03. The van der Waals surface area contributed by atoms with Crippen LogP contribution in [0.15, 0.2) is 29.6 Å². The van der Waals surface area contributed by atoms with Gasteiger partial charge in [0.05, 0.1) is 12.2 Å². The lowest BCUT2D eigenvalue weighted by Gasteiger charge is -2.23. The van der Waals surface area contributed by atoms with Crippen molar-refractivity contribution in [1.82, 2.24) is 19.5 Å². The molecule has 1 atom stereocenters. The highest BCUT2D eigenvalue weighted by atomic mass is 32.2. The van der Waals surface area contributed by atoms with Crippen molar-refractivity contribution in [3.05, 3.63) is 41.6 Å². The quantitative estimate of drug-likeness (QED) is 0.927. The second kappa shape index (κ2) is 5.19. The molecular weight excluding hydrogens is 295 g/mol. The molecule has 0 aliphatic heterocycles. The largest absolute Gasteiger partial charge is 0.272 e. The van der Waals surface area contributed by atoms with Gasteiger partial charge in [0.15, 0.2) is 5.82 Å². The fraction of sp³-hybridized carbons (Fsp3) is 0.385. The van der Waals surface area contributed by atoms with Crippen LogP contribution in [0.1, 0.15) is 30.1 Å². The van der Waals surface area contributed by atoms with Gasteiger partial charge in [-0.1, -0.05) is 0 Å². The van der Waals surface area contributed by atoms with Crippen LogP contribution in [0.3, 0.4) is 0 Å². The Bertz CT molecular complexity index is 772. The molecule has 112 valence electrons. The molecule has 6 nitrogen and oxygen atoms in total. The maximum absolute atomic E-state index is 13.6. The van der Waals surface area contributed by atoms with Crippen LogP contribution in [0.5, 0.6) is 0 Å². The van der Waals surface area contributed by atoms with Crippen LogP contribution >= 0.6 is 0 Å². The van der Waals surface area contributed by atoms with Gasteiger partial charge in [0, 0.05) is 24.5 Å².